The van der Waals surface area contributed by atoms with Crippen LogP contribution in [0.4, 0.5) is 4.39 Å². The van der Waals surface area contributed by atoms with E-state index in [1.54, 1.807) is 33.8 Å². The van der Waals surface area contributed by atoms with E-state index in [1.807, 2.05) is 0 Å². The van der Waals surface area contributed by atoms with Crippen LogP contribution in [0.1, 0.15) is 50.0 Å². The van der Waals surface area contributed by atoms with Crippen LogP contribution in [0.2, 0.25) is 0 Å². The predicted octanol–water partition coefficient (Wildman–Crippen LogP) is 2.69. The Hall–Kier alpha value is -3.27. The van der Waals surface area contributed by atoms with Crippen LogP contribution < -0.4 is 5.32 Å². The average molecular weight is 490 g/mol. The molecule has 0 saturated carbocycles. The zero-order valence-corrected chi connectivity index (χ0v) is 20.4. The summed E-state index contributed by atoms with van der Waals surface area (Å²) in [7, 11) is -4.20. The molecule has 0 saturated heterocycles. The van der Waals surface area contributed by atoms with Crippen molar-refractivity contribution in [2.45, 2.75) is 57.1 Å². The van der Waals surface area contributed by atoms with E-state index in [0.717, 1.165) is 0 Å². The molecule has 3 rings (SSSR count). The molecule has 1 aliphatic rings. The largest absolute Gasteiger partial charge is 0.350 e. The van der Waals surface area contributed by atoms with Crippen molar-refractivity contribution < 1.29 is 27.2 Å². The number of nitrogens with one attached hydrogen (secondary N) is 1. The van der Waals surface area contributed by atoms with Gasteiger partial charge >= 0.3 is 0 Å². The Labute approximate surface area is 198 Å². The lowest BCUT2D eigenvalue weighted by Crippen LogP contribution is -2.55. The van der Waals surface area contributed by atoms with Crippen molar-refractivity contribution in [3.8, 4) is 0 Å². The van der Waals surface area contributed by atoms with E-state index in [2.05, 4.69) is 5.32 Å². The molecule has 2 aromatic carbocycles. The quantitative estimate of drug-likeness (QED) is 0.644. The summed E-state index contributed by atoms with van der Waals surface area (Å²) in [5.41, 5.74) is -0.0149. The summed E-state index contributed by atoms with van der Waals surface area (Å²) in [6, 6.07) is 10.3. The van der Waals surface area contributed by atoms with E-state index < -0.39 is 51.7 Å². The predicted molar refractivity (Wildman–Crippen MR) is 124 cm³/mol. The summed E-state index contributed by atoms with van der Waals surface area (Å²) in [5.74, 6) is -2.38. The SMILES string of the molecule is CC[C@H](C(=O)NC(C)(C)C)N(Cc1ccc(F)cc1)C(=O)CN1C(=O)c2ccccc2S1(=O)=O. The van der Waals surface area contributed by atoms with E-state index in [1.165, 1.54) is 47.4 Å². The molecule has 1 N–H and O–H groups in total. The number of amides is 3. The van der Waals surface area contributed by atoms with Gasteiger partial charge in [0.2, 0.25) is 11.8 Å². The summed E-state index contributed by atoms with van der Waals surface area (Å²) in [6.07, 6.45) is 0.246. The number of fused-ring (bicyclic) bond motifs is 1. The highest BCUT2D eigenvalue weighted by Crippen LogP contribution is 2.30. The first-order valence-corrected chi connectivity index (χ1v) is 12.3. The monoisotopic (exact) mass is 489 g/mol. The molecule has 1 atom stereocenters. The Bertz CT molecular complexity index is 1210. The number of rotatable bonds is 7. The van der Waals surface area contributed by atoms with E-state index in [4.69, 9.17) is 0 Å². The maximum atomic E-state index is 13.4. The van der Waals surface area contributed by atoms with Gasteiger partial charge in [0, 0.05) is 12.1 Å². The van der Waals surface area contributed by atoms with Crippen LogP contribution in [-0.2, 0) is 26.2 Å². The van der Waals surface area contributed by atoms with Crippen LogP contribution in [0, 0.1) is 5.82 Å². The van der Waals surface area contributed by atoms with Crippen LogP contribution in [-0.4, -0.2) is 53.5 Å². The highest BCUT2D eigenvalue weighted by Gasteiger charge is 2.43. The lowest BCUT2D eigenvalue weighted by Gasteiger charge is -2.33. The van der Waals surface area contributed by atoms with Crippen molar-refractivity contribution in [2.75, 3.05) is 6.54 Å². The molecule has 1 aliphatic heterocycles. The first-order chi connectivity index (χ1) is 15.8. The van der Waals surface area contributed by atoms with Crippen LogP contribution in [0.15, 0.2) is 53.4 Å². The van der Waals surface area contributed by atoms with Gasteiger partial charge in [-0.2, -0.15) is 0 Å². The van der Waals surface area contributed by atoms with Crippen molar-refractivity contribution in [3.63, 3.8) is 0 Å². The maximum Gasteiger partial charge on any atom is 0.269 e. The molecule has 2 aromatic rings. The minimum absolute atomic E-state index is 0.00194. The molecule has 0 spiro atoms. The van der Waals surface area contributed by atoms with E-state index in [9.17, 15) is 27.2 Å². The lowest BCUT2D eigenvalue weighted by molar-refractivity contribution is -0.141. The molecule has 0 radical (unpaired) electrons. The van der Waals surface area contributed by atoms with Crippen LogP contribution >= 0.6 is 0 Å². The first kappa shape index (κ1) is 25.4. The summed E-state index contributed by atoms with van der Waals surface area (Å²) in [6.45, 7) is 6.31. The summed E-state index contributed by atoms with van der Waals surface area (Å²) < 4.78 is 39.8. The Morgan fingerprint density at radius 3 is 2.26 bits per heavy atom. The molecule has 182 valence electrons. The zero-order valence-electron chi connectivity index (χ0n) is 19.5. The third kappa shape index (κ3) is 5.27. The van der Waals surface area contributed by atoms with Gasteiger partial charge in [0.05, 0.1) is 5.56 Å². The molecule has 0 bridgehead atoms. The second-order valence-electron chi connectivity index (χ2n) is 9.12. The highest BCUT2D eigenvalue weighted by atomic mass is 32.2. The number of halogens is 1. The van der Waals surface area contributed by atoms with Crippen LogP contribution in [0.25, 0.3) is 0 Å². The number of sulfonamides is 1. The topological polar surface area (TPSA) is 104 Å². The second-order valence-corrected chi connectivity index (χ2v) is 11.0. The van der Waals surface area contributed by atoms with Crippen molar-refractivity contribution in [1.29, 1.82) is 0 Å². The third-order valence-electron chi connectivity index (χ3n) is 5.34. The fourth-order valence-corrected chi connectivity index (χ4v) is 5.28. The first-order valence-electron chi connectivity index (χ1n) is 10.9. The number of carbonyl (C=O) groups is 3. The molecule has 34 heavy (non-hydrogen) atoms. The van der Waals surface area contributed by atoms with Gasteiger partial charge in [-0.1, -0.05) is 31.2 Å². The van der Waals surface area contributed by atoms with Gasteiger partial charge in [-0.3, -0.25) is 14.4 Å². The zero-order chi connectivity index (χ0) is 25.3. The number of hydrogen-bond acceptors (Lipinski definition) is 5. The molecule has 0 aliphatic carbocycles. The number of carbonyl (C=O) groups excluding carboxylic acids is 3. The van der Waals surface area contributed by atoms with Gasteiger partial charge in [0.15, 0.2) is 0 Å². The number of benzene rings is 2. The Kier molecular flexibility index (Phi) is 7.11. The molecule has 0 unspecified atom stereocenters. The van der Waals surface area contributed by atoms with Crippen molar-refractivity contribution in [1.82, 2.24) is 14.5 Å². The van der Waals surface area contributed by atoms with Gasteiger partial charge in [0.25, 0.3) is 15.9 Å². The lowest BCUT2D eigenvalue weighted by atomic mass is 10.1. The standard InChI is InChI=1S/C24H28FN3O5S/c1-5-19(22(30)26-24(2,3)4)27(14-16-10-12-17(25)13-11-16)21(29)15-28-23(31)18-8-6-7-9-20(18)34(28,32)33/h6-13,19H,5,14-15H2,1-4H3,(H,26,30)/t19-/m1/s1. The van der Waals surface area contributed by atoms with Crippen molar-refractivity contribution in [2.24, 2.45) is 0 Å². The van der Waals surface area contributed by atoms with Gasteiger partial charge in [-0.05, 0) is 57.0 Å². The molecule has 0 fully saturated rings. The van der Waals surface area contributed by atoms with Crippen LogP contribution in [0.3, 0.4) is 0 Å². The Morgan fingerprint density at radius 1 is 1.09 bits per heavy atom. The second kappa shape index (κ2) is 9.54. The maximum absolute atomic E-state index is 13.4. The third-order valence-corrected chi connectivity index (χ3v) is 7.13. The van der Waals surface area contributed by atoms with Gasteiger partial charge in [0.1, 0.15) is 23.3 Å². The summed E-state index contributed by atoms with van der Waals surface area (Å²) >= 11 is 0. The normalized spacial score (nSPS) is 15.6. The van der Waals surface area contributed by atoms with E-state index >= 15 is 0 Å². The fourth-order valence-electron chi connectivity index (χ4n) is 3.76. The van der Waals surface area contributed by atoms with Crippen LogP contribution in [0.5, 0.6) is 0 Å². The molecule has 10 heteroatoms. The number of hydrogen-bond donors (Lipinski definition) is 1. The minimum atomic E-state index is -4.20. The molecule has 1 heterocycles. The molecular formula is C24H28FN3O5S. The van der Waals surface area contributed by atoms with Gasteiger partial charge in [-0.15, -0.1) is 0 Å². The van der Waals surface area contributed by atoms with Gasteiger partial charge in [-0.25, -0.2) is 17.1 Å². The average Bonchev–Trinajstić information content (AvgIpc) is 2.94. The molecule has 8 nitrogen and oxygen atoms in total. The Morgan fingerprint density at radius 2 is 1.71 bits per heavy atom. The molecular weight excluding hydrogens is 461 g/mol. The smallest absolute Gasteiger partial charge is 0.269 e. The molecule has 0 aromatic heterocycles. The Balaban J connectivity index is 1.93. The van der Waals surface area contributed by atoms with E-state index in [0.29, 0.717) is 9.87 Å². The molecule has 3 amide bonds. The summed E-state index contributed by atoms with van der Waals surface area (Å²) in [5, 5.41) is 2.84. The van der Waals surface area contributed by atoms with Gasteiger partial charge < -0.3 is 10.2 Å². The van der Waals surface area contributed by atoms with Crippen molar-refractivity contribution in [3.05, 3.63) is 65.5 Å². The van der Waals surface area contributed by atoms with Crippen molar-refractivity contribution >= 4 is 27.7 Å². The minimum Gasteiger partial charge on any atom is -0.350 e. The fraction of sp³-hybridized carbons (Fsp3) is 0.375. The van der Waals surface area contributed by atoms with E-state index in [-0.39, 0.29) is 23.4 Å². The highest BCUT2D eigenvalue weighted by molar-refractivity contribution is 7.90. The number of nitrogens with zero attached hydrogens (tertiary/aromatic N) is 2. The summed E-state index contributed by atoms with van der Waals surface area (Å²) in [4.78, 5) is 40.3.